The summed E-state index contributed by atoms with van der Waals surface area (Å²) in [5.41, 5.74) is 0.338. The number of aliphatic hydroxyl groups is 2. The van der Waals surface area contributed by atoms with E-state index in [-0.39, 0.29) is 13.2 Å². The van der Waals surface area contributed by atoms with E-state index in [4.69, 9.17) is 15.5 Å². The van der Waals surface area contributed by atoms with Crippen LogP contribution in [0.5, 0.6) is 0 Å². The zero-order valence-electron chi connectivity index (χ0n) is 10.3. The quantitative estimate of drug-likeness (QED) is 0.411. The SMILES string of the molecule is O=C(OO)c1ccccc1.OCCCCCCO. The Kier molecular flexibility index (Phi) is 11.1. The molecule has 0 aromatic heterocycles. The fraction of sp³-hybridized carbons (Fsp3) is 0.462. The van der Waals surface area contributed by atoms with Crippen LogP contribution in [0.15, 0.2) is 30.3 Å². The maximum absolute atomic E-state index is 10.5. The summed E-state index contributed by atoms with van der Waals surface area (Å²) in [6, 6.07) is 8.25. The molecule has 0 saturated carbocycles. The predicted octanol–water partition coefficient (Wildman–Crippen LogP) is 1.85. The molecule has 1 aromatic rings. The zero-order valence-corrected chi connectivity index (χ0v) is 10.3. The lowest BCUT2D eigenvalue weighted by molar-refractivity contribution is -0.182. The number of carbonyl (C=O) groups is 1. The Bertz CT molecular complexity index is 294. The second-order valence-electron chi connectivity index (χ2n) is 3.61. The molecule has 0 fully saturated rings. The second kappa shape index (κ2) is 12.0. The minimum atomic E-state index is -0.736. The van der Waals surface area contributed by atoms with E-state index in [2.05, 4.69) is 4.89 Å². The highest BCUT2D eigenvalue weighted by Gasteiger charge is 2.02. The number of carbonyl (C=O) groups excluding carboxylic acids is 1. The van der Waals surface area contributed by atoms with Crippen LogP contribution in [0.4, 0.5) is 0 Å². The summed E-state index contributed by atoms with van der Waals surface area (Å²) in [6.45, 7) is 0.566. The summed E-state index contributed by atoms with van der Waals surface area (Å²) in [5, 5.41) is 24.5. The third kappa shape index (κ3) is 8.69. The molecule has 0 unspecified atom stereocenters. The van der Waals surface area contributed by atoms with Gasteiger partial charge in [-0.25, -0.2) is 4.79 Å². The van der Waals surface area contributed by atoms with Crippen molar-refractivity contribution in [2.24, 2.45) is 0 Å². The van der Waals surface area contributed by atoms with E-state index >= 15 is 0 Å². The fourth-order valence-electron chi connectivity index (χ4n) is 1.20. The first-order valence-electron chi connectivity index (χ1n) is 5.88. The summed E-state index contributed by atoms with van der Waals surface area (Å²) in [4.78, 5) is 14.0. The van der Waals surface area contributed by atoms with Gasteiger partial charge in [-0.15, -0.1) is 0 Å². The first kappa shape index (κ1) is 16.6. The Morgan fingerprint density at radius 2 is 1.44 bits per heavy atom. The van der Waals surface area contributed by atoms with Crippen molar-refractivity contribution in [2.75, 3.05) is 13.2 Å². The molecule has 0 aliphatic carbocycles. The van der Waals surface area contributed by atoms with E-state index in [1.54, 1.807) is 30.3 Å². The average molecular weight is 256 g/mol. The number of benzene rings is 1. The normalized spacial score (nSPS) is 9.28. The monoisotopic (exact) mass is 256 g/mol. The van der Waals surface area contributed by atoms with E-state index in [1.165, 1.54) is 0 Å². The van der Waals surface area contributed by atoms with Crippen molar-refractivity contribution in [2.45, 2.75) is 25.7 Å². The van der Waals surface area contributed by atoms with Gasteiger partial charge in [0, 0.05) is 13.2 Å². The fourth-order valence-corrected chi connectivity index (χ4v) is 1.20. The molecule has 0 heterocycles. The maximum Gasteiger partial charge on any atom is 0.372 e. The molecule has 3 N–H and O–H groups in total. The Morgan fingerprint density at radius 1 is 0.944 bits per heavy atom. The van der Waals surface area contributed by atoms with Crippen molar-refractivity contribution >= 4 is 5.97 Å². The van der Waals surface area contributed by atoms with Crippen molar-refractivity contribution in [3.8, 4) is 0 Å². The summed E-state index contributed by atoms with van der Waals surface area (Å²) >= 11 is 0. The average Bonchev–Trinajstić information content (AvgIpc) is 2.44. The molecule has 5 heteroatoms. The van der Waals surface area contributed by atoms with Crippen LogP contribution in [0.2, 0.25) is 0 Å². The molecular formula is C13H20O5. The van der Waals surface area contributed by atoms with Crippen molar-refractivity contribution in [1.82, 2.24) is 0 Å². The molecule has 0 radical (unpaired) electrons. The van der Waals surface area contributed by atoms with Crippen LogP contribution < -0.4 is 0 Å². The molecule has 0 saturated heterocycles. The number of unbranched alkanes of at least 4 members (excludes halogenated alkanes) is 3. The minimum Gasteiger partial charge on any atom is -0.396 e. The maximum atomic E-state index is 10.5. The van der Waals surface area contributed by atoms with Gasteiger partial charge in [0.05, 0.1) is 5.56 Å². The first-order valence-corrected chi connectivity index (χ1v) is 5.88. The van der Waals surface area contributed by atoms with Gasteiger partial charge in [0.2, 0.25) is 0 Å². The van der Waals surface area contributed by atoms with Crippen LogP contribution in [0.1, 0.15) is 36.0 Å². The van der Waals surface area contributed by atoms with E-state index in [0.717, 1.165) is 25.7 Å². The molecule has 0 atom stereocenters. The number of hydrogen-bond acceptors (Lipinski definition) is 5. The van der Waals surface area contributed by atoms with E-state index < -0.39 is 5.97 Å². The highest BCUT2D eigenvalue weighted by atomic mass is 17.1. The Balaban J connectivity index is 0.000000331. The molecule has 0 aliphatic rings. The summed E-state index contributed by atoms with van der Waals surface area (Å²) in [6.07, 6.45) is 3.83. The van der Waals surface area contributed by atoms with Crippen LogP contribution in [0, 0.1) is 0 Å². The molecule has 0 bridgehead atoms. The van der Waals surface area contributed by atoms with Crippen molar-refractivity contribution in [1.29, 1.82) is 0 Å². The molecule has 0 aliphatic heterocycles. The van der Waals surface area contributed by atoms with E-state index in [9.17, 15) is 4.79 Å². The number of hydrogen-bond donors (Lipinski definition) is 3. The smallest absolute Gasteiger partial charge is 0.372 e. The Morgan fingerprint density at radius 3 is 1.83 bits per heavy atom. The summed E-state index contributed by atoms with van der Waals surface area (Å²) in [7, 11) is 0. The molecule has 1 aromatic carbocycles. The summed E-state index contributed by atoms with van der Waals surface area (Å²) in [5.74, 6) is -0.736. The molecule has 5 nitrogen and oxygen atoms in total. The topological polar surface area (TPSA) is 87.0 Å². The standard InChI is InChI=1S/C7H6O3.C6H14O2/c8-7(10-9)6-4-2-1-3-5-6;7-5-3-1-2-4-6-8/h1-5,9H;7-8H,1-6H2. The molecule has 1 rings (SSSR count). The van der Waals surface area contributed by atoms with Gasteiger partial charge < -0.3 is 10.2 Å². The largest absolute Gasteiger partial charge is 0.396 e. The van der Waals surface area contributed by atoms with Crippen LogP contribution in [0.3, 0.4) is 0 Å². The van der Waals surface area contributed by atoms with Gasteiger partial charge in [-0.1, -0.05) is 31.0 Å². The van der Waals surface area contributed by atoms with Crippen molar-refractivity contribution in [3.05, 3.63) is 35.9 Å². The highest BCUT2D eigenvalue weighted by Crippen LogP contribution is 1.98. The zero-order chi connectivity index (χ0) is 13.6. The van der Waals surface area contributed by atoms with Crippen LogP contribution in [-0.4, -0.2) is 34.7 Å². The van der Waals surface area contributed by atoms with Crippen molar-refractivity contribution in [3.63, 3.8) is 0 Å². The number of rotatable bonds is 6. The molecule has 0 spiro atoms. The van der Waals surface area contributed by atoms with Gasteiger partial charge in [-0.3, -0.25) is 4.89 Å². The molecule has 0 amide bonds. The Labute approximate surface area is 107 Å². The van der Waals surface area contributed by atoms with Gasteiger partial charge in [0.25, 0.3) is 0 Å². The van der Waals surface area contributed by atoms with Crippen LogP contribution in [0.25, 0.3) is 0 Å². The van der Waals surface area contributed by atoms with Gasteiger partial charge in [-0.05, 0) is 25.0 Å². The molecule has 18 heavy (non-hydrogen) atoms. The minimum absolute atomic E-state index is 0.283. The third-order valence-electron chi connectivity index (χ3n) is 2.16. The lowest BCUT2D eigenvalue weighted by Gasteiger charge is -1.93. The lowest BCUT2D eigenvalue weighted by atomic mass is 10.2. The Hall–Kier alpha value is -1.43. The second-order valence-corrected chi connectivity index (χ2v) is 3.61. The van der Waals surface area contributed by atoms with Gasteiger partial charge >= 0.3 is 5.97 Å². The summed E-state index contributed by atoms with van der Waals surface area (Å²) < 4.78 is 0. The third-order valence-corrected chi connectivity index (χ3v) is 2.16. The molecular weight excluding hydrogens is 236 g/mol. The first-order chi connectivity index (χ1) is 8.76. The van der Waals surface area contributed by atoms with Crippen molar-refractivity contribution < 1.29 is 25.2 Å². The van der Waals surface area contributed by atoms with Crippen LogP contribution in [-0.2, 0) is 4.89 Å². The highest BCUT2D eigenvalue weighted by molar-refractivity contribution is 5.88. The van der Waals surface area contributed by atoms with Gasteiger partial charge in [0.1, 0.15) is 0 Å². The van der Waals surface area contributed by atoms with Gasteiger partial charge in [-0.2, -0.15) is 5.26 Å². The predicted molar refractivity (Wildman–Crippen MR) is 67.1 cm³/mol. The molecule has 102 valence electrons. The van der Waals surface area contributed by atoms with E-state index in [0.29, 0.717) is 5.56 Å². The number of aliphatic hydroxyl groups excluding tert-OH is 2. The lowest BCUT2D eigenvalue weighted by Crippen LogP contribution is -2.00. The van der Waals surface area contributed by atoms with Gasteiger partial charge in [0.15, 0.2) is 0 Å². The van der Waals surface area contributed by atoms with Crippen LogP contribution >= 0.6 is 0 Å². The van der Waals surface area contributed by atoms with E-state index in [1.807, 2.05) is 0 Å².